The van der Waals surface area contributed by atoms with Crippen molar-refractivity contribution in [3.8, 4) is 0 Å². The lowest BCUT2D eigenvalue weighted by atomic mass is 9.82. The molecule has 0 spiro atoms. The molecule has 0 amide bonds. The molecule has 0 aromatic rings. The maximum Gasteiger partial charge on any atom is 0.333 e. The average Bonchev–Trinajstić information content (AvgIpc) is 3.15. The van der Waals surface area contributed by atoms with Crippen LogP contribution in [0, 0.1) is 35.5 Å². The van der Waals surface area contributed by atoms with Gasteiger partial charge in [-0.2, -0.15) is 0 Å². The molecule has 1 aliphatic rings. The Morgan fingerprint density at radius 2 is 1.25 bits per heavy atom. The van der Waals surface area contributed by atoms with E-state index in [4.69, 9.17) is 24.1 Å². The van der Waals surface area contributed by atoms with Crippen molar-refractivity contribution in [2.45, 2.75) is 163 Å². The second-order valence-corrected chi connectivity index (χ2v) is 16.5. The van der Waals surface area contributed by atoms with Crippen LogP contribution in [0.15, 0.2) is 34.9 Å². The summed E-state index contributed by atoms with van der Waals surface area (Å²) in [4.78, 5) is 23.9. The Balaban J connectivity index is 3.20. The van der Waals surface area contributed by atoms with E-state index >= 15 is 0 Å². The van der Waals surface area contributed by atoms with Gasteiger partial charge >= 0.3 is 11.9 Å². The third-order valence-electron chi connectivity index (χ3n) is 10.9. The van der Waals surface area contributed by atoms with Gasteiger partial charge in [0.05, 0.1) is 24.9 Å². The summed E-state index contributed by atoms with van der Waals surface area (Å²) in [5.41, 5.74) is 1.30. The molecule has 9 N–H and O–H groups in total. The monoisotopic (exact) mass is 819 g/mol. The molecule has 1 heterocycles. The molecule has 0 saturated carbocycles. The van der Waals surface area contributed by atoms with Gasteiger partial charge in [-0.25, -0.2) is 4.79 Å². The van der Waals surface area contributed by atoms with Gasteiger partial charge in [0.25, 0.3) is 0 Å². The highest BCUT2D eigenvalue weighted by atomic mass is 16.7. The zero-order valence-electron chi connectivity index (χ0n) is 35.8. The Kier molecular flexibility index (Phi) is 23.5. The van der Waals surface area contributed by atoms with E-state index in [1.54, 1.807) is 33.8 Å². The van der Waals surface area contributed by atoms with Gasteiger partial charge in [-0.15, -0.1) is 0 Å². The van der Waals surface area contributed by atoms with E-state index in [-0.39, 0.29) is 24.0 Å². The van der Waals surface area contributed by atoms with E-state index in [1.165, 1.54) is 19.9 Å². The van der Waals surface area contributed by atoms with Crippen LogP contribution in [-0.2, 0) is 28.5 Å². The molecule has 57 heavy (non-hydrogen) atoms. The van der Waals surface area contributed by atoms with E-state index in [0.717, 1.165) is 19.3 Å². The SMILES string of the molecule is CCC(C)CC(C)CC(C)C(O[C@@H]1OC(COC(C)=O)[C@@H](O)[C@H](O)C1O)C(C)C=C(C)C(O)C(C)C=C(C)C(O)C(C)C=C(C)C(=O)OC[C@@H](O)[C@@H](O)[C@H](O)CO. The first-order valence-electron chi connectivity index (χ1n) is 20.2. The highest BCUT2D eigenvalue weighted by Crippen LogP contribution is 2.33. The molecule has 1 aliphatic heterocycles. The smallest absolute Gasteiger partial charge is 0.333 e. The Labute approximate surface area is 339 Å². The highest BCUT2D eigenvalue weighted by molar-refractivity contribution is 5.87. The van der Waals surface area contributed by atoms with Crippen LogP contribution in [0.25, 0.3) is 0 Å². The molecule has 0 bridgehead atoms. The molecule has 1 rings (SSSR count). The van der Waals surface area contributed by atoms with E-state index < -0.39 is 104 Å². The summed E-state index contributed by atoms with van der Waals surface area (Å²) >= 11 is 0. The molecule has 15 heteroatoms. The Bertz CT molecular complexity index is 1300. The number of hydrogen-bond donors (Lipinski definition) is 9. The molecule has 0 aromatic heterocycles. The zero-order chi connectivity index (χ0) is 43.9. The van der Waals surface area contributed by atoms with Crippen LogP contribution in [0.1, 0.15) is 95.4 Å². The lowest BCUT2D eigenvalue weighted by Crippen LogP contribution is -2.60. The predicted molar refractivity (Wildman–Crippen MR) is 212 cm³/mol. The van der Waals surface area contributed by atoms with Crippen molar-refractivity contribution in [2.24, 2.45) is 35.5 Å². The molecule has 1 fully saturated rings. The summed E-state index contributed by atoms with van der Waals surface area (Å²) in [6, 6.07) is 0. The minimum Gasteiger partial charge on any atom is -0.463 e. The number of aliphatic hydroxyl groups excluding tert-OH is 9. The van der Waals surface area contributed by atoms with Crippen molar-refractivity contribution in [1.82, 2.24) is 0 Å². The van der Waals surface area contributed by atoms with E-state index in [1.807, 2.05) is 19.9 Å². The number of esters is 2. The lowest BCUT2D eigenvalue weighted by Gasteiger charge is -2.43. The van der Waals surface area contributed by atoms with Crippen LogP contribution >= 0.6 is 0 Å². The summed E-state index contributed by atoms with van der Waals surface area (Å²) < 4.78 is 22.4. The third kappa shape index (κ3) is 17.1. The Morgan fingerprint density at radius 1 is 0.702 bits per heavy atom. The molecule has 0 radical (unpaired) electrons. The molecular weight excluding hydrogens is 744 g/mol. The van der Waals surface area contributed by atoms with Crippen molar-refractivity contribution in [3.05, 3.63) is 34.9 Å². The highest BCUT2D eigenvalue weighted by Gasteiger charge is 2.46. The molecule has 11 unspecified atom stereocenters. The van der Waals surface area contributed by atoms with Gasteiger partial charge in [0.15, 0.2) is 6.29 Å². The van der Waals surface area contributed by atoms with Crippen molar-refractivity contribution < 1.29 is 74.5 Å². The number of carbonyl (C=O) groups is 2. The molecule has 0 aromatic carbocycles. The van der Waals surface area contributed by atoms with Gasteiger partial charge in [-0.05, 0) is 62.5 Å². The van der Waals surface area contributed by atoms with Gasteiger partial charge in [0.1, 0.15) is 55.9 Å². The first-order chi connectivity index (χ1) is 26.5. The number of aliphatic hydroxyl groups is 9. The van der Waals surface area contributed by atoms with Crippen LogP contribution in [0.5, 0.6) is 0 Å². The first-order valence-corrected chi connectivity index (χ1v) is 20.2. The van der Waals surface area contributed by atoms with E-state index in [9.17, 15) is 50.4 Å². The number of rotatable bonds is 24. The zero-order valence-corrected chi connectivity index (χ0v) is 35.8. The number of carbonyl (C=O) groups excluding carboxylic acids is 2. The Hall–Kier alpha value is -2.28. The van der Waals surface area contributed by atoms with Crippen molar-refractivity contribution in [2.75, 3.05) is 19.8 Å². The van der Waals surface area contributed by atoms with E-state index in [2.05, 4.69) is 20.8 Å². The van der Waals surface area contributed by atoms with Crippen molar-refractivity contribution in [1.29, 1.82) is 0 Å². The largest absolute Gasteiger partial charge is 0.463 e. The fourth-order valence-electron chi connectivity index (χ4n) is 7.35. The normalized spacial score (nSPS) is 27.5. The van der Waals surface area contributed by atoms with E-state index in [0.29, 0.717) is 23.0 Å². The number of ether oxygens (including phenoxy) is 4. The molecule has 332 valence electrons. The standard InChI is InChI=1S/C42H74O15/c1-12-21(2)13-22(3)14-27(8)40(57-42-39(52)38(51)37(50)33(56-42)20-54-30(11)44)28(9)16-25(6)34(47)23(4)15-24(5)35(48)26(7)17-29(10)41(53)55-19-32(46)36(49)31(45)18-43/h15-17,21-23,26-28,31-40,42-43,45-52H,12-14,18-20H2,1-11H3/t21?,22?,23?,26?,27?,28?,31-,32-,33?,34?,35?,36+,37-,38+,39?,40?,42+/m1/s1. The second-order valence-electron chi connectivity index (χ2n) is 16.5. The van der Waals surface area contributed by atoms with Gasteiger partial charge in [0.2, 0.25) is 0 Å². The van der Waals surface area contributed by atoms with Gasteiger partial charge in [-0.1, -0.05) is 73.1 Å². The fourth-order valence-corrected chi connectivity index (χ4v) is 7.35. The van der Waals surface area contributed by atoms with Gasteiger partial charge < -0.3 is 64.9 Å². The van der Waals surface area contributed by atoms with Crippen molar-refractivity contribution in [3.63, 3.8) is 0 Å². The molecule has 17 atom stereocenters. The molecule has 0 aliphatic carbocycles. The fraction of sp³-hybridized carbons (Fsp3) is 0.810. The number of hydrogen-bond acceptors (Lipinski definition) is 15. The summed E-state index contributed by atoms with van der Waals surface area (Å²) in [5, 5.41) is 92.7. The van der Waals surface area contributed by atoms with Crippen LogP contribution in [0.2, 0.25) is 0 Å². The first kappa shape index (κ1) is 52.7. The molecule has 1 saturated heterocycles. The maximum atomic E-state index is 12.5. The molecular formula is C42H74O15. The lowest BCUT2D eigenvalue weighted by molar-refractivity contribution is -0.317. The Morgan fingerprint density at radius 3 is 1.77 bits per heavy atom. The summed E-state index contributed by atoms with van der Waals surface area (Å²) in [6.07, 6.45) is -6.74. The van der Waals surface area contributed by atoms with Crippen LogP contribution < -0.4 is 0 Å². The summed E-state index contributed by atoms with van der Waals surface area (Å²) in [6.45, 7) is 18.4. The second kappa shape index (κ2) is 25.4. The van der Waals surface area contributed by atoms with Crippen LogP contribution in [0.4, 0.5) is 0 Å². The maximum absolute atomic E-state index is 12.5. The summed E-state index contributed by atoms with van der Waals surface area (Å²) in [5.74, 6) is -1.96. The average molecular weight is 819 g/mol. The van der Waals surface area contributed by atoms with Gasteiger partial charge in [0, 0.05) is 30.3 Å². The summed E-state index contributed by atoms with van der Waals surface area (Å²) in [7, 11) is 0. The van der Waals surface area contributed by atoms with Crippen LogP contribution in [-0.4, -0.2) is 145 Å². The van der Waals surface area contributed by atoms with Crippen LogP contribution in [0.3, 0.4) is 0 Å². The quantitative estimate of drug-likeness (QED) is 0.0383. The third-order valence-corrected chi connectivity index (χ3v) is 10.9. The minimum absolute atomic E-state index is 0.0761. The minimum atomic E-state index is -1.71. The van der Waals surface area contributed by atoms with Crippen molar-refractivity contribution >= 4 is 11.9 Å². The van der Waals surface area contributed by atoms with Gasteiger partial charge in [-0.3, -0.25) is 4.79 Å². The topological polar surface area (TPSA) is 253 Å². The molecule has 15 nitrogen and oxygen atoms in total. The predicted octanol–water partition coefficient (Wildman–Crippen LogP) is 1.93.